The number of amides is 1. The monoisotopic (exact) mass is 385 g/mol. The number of carbonyl (C=O) groups is 1. The lowest BCUT2D eigenvalue weighted by atomic mass is 10.2. The van der Waals surface area contributed by atoms with Crippen molar-refractivity contribution in [2.24, 2.45) is 0 Å². The fourth-order valence-corrected chi connectivity index (χ4v) is 3.89. The fourth-order valence-electron chi connectivity index (χ4n) is 3.89. The van der Waals surface area contributed by atoms with E-state index >= 15 is 0 Å². The second-order valence-corrected chi connectivity index (χ2v) is 7.48. The zero-order chi connectivity index (χ0) is 19.8. The van der Waals surface area contributed by atoms with E-state index in [1.165, 1.54) is 0 Å². The van der Waals surface area contributed by atoms with Gasteiger partial charge in [0.25, 0.3) is 5.91 Å². The van der Waals surface area contributed by atoms with E-state index in [4.69, 9.17) is 5.10 Å². The number of fused-ring (bicyclic) bond motifs is 1. The highest BCUT2D eigenvalue weighted by Crippen LogP contribution is 2.27. The van der Waals surface area contributed by atoms with Crippen molar-refractivity contribution in [3.05, 3.63) is 78.6 Å². The molecule has 0 radical (unpaired) electrons. The van der Waals surface area contributed by atoms with Crippen molar-refractivity contribution in [1.82, 2.24) is 24.0 Å². The third-order valence-electron chi connectivity index (χ3n) is 5.57. The Morgan fingerprint density at radius 3 is 2.45 bits per heavy atom. The summed E-state index contributed by atoms with van der Waals surface area (Å²) in [6, 6.07) is 20.0. The van der Waals surface area contributed by atoms with Crippen LogP contribution in [0.2, 0.25) is 0 Å². The van der Waals surface area contributed by atoms with Crippen LogP contribution in [0.1, 0.15) is 10.4 Å². The summed E-state index contributed by atoms with van der Waals surface area (Å²) in [5.41, 5.74) is 4.42. The van der Waals surface area contributed by atoms with Crippen LogP contribution >= 0.6 is 0 Å². The van der Waals surface area contributed by atoms with Crippen LogP contribution in [0.4, 0.5) is 0 Å². The molecule has 0 atom stereocenters. The predicted octanol–water partition coefficient (Wildman–Crippen LogP) is 3.18. The Hall–Kier alpha value is -3.38. The number of likely N-dealkylation sites (N-methyl/N-ethyl adjacent to an activating group) is 1. The van der Waals surface area contributed by atoms with Gasteiger partial charge in [-0.2, -0.15) is 5.10 Å². The molecule has 1 amide bonds. The third-order valence-corrected chi connectivity index (χ3v) is 5.57. The fraction of sp³-hybridized carbons (Fsp3) is 0.217. The van der Waals surface area contributed by atoms with Crippen LogP contribution in [-0.2, 0) is 0 Å². The summed E-state index contributed by atoms with van der Waals surface area (Å²) in [5.74, 6) is 0.0931. The molecular formula is C23H23N5O. The van der Waals surface area contributed by atoms with E-state index in [1.54, 1.807) is 0 Å². The lowest BCUT2D eigenvalue weighted by Gasteiger charge is -2.32. The summed E-state index contributed by atoms with van der Waals surface area (Å²) >= 11 is 0. The van der Waals surface area contributed by atoms with E-state index in [9.17, 15) is 4.79 Å². The largest absolute Gasteiger partial charge is 0.336 e. The molecule has 6 nitrogen and oxygen atoms in total. The second kappa shape index (κ2) is 7.22. The SMILES string of the molecule is CN1CCN(C(=O)c2cc(-c3ccn(-c4ccccc4)n3)n3ccccc23)CC1. The Balaban J connectivity index is 1.54. The maximum Gasteiger partial charge on any atom is 0.256 e. The minimum Gasteiger partial charge on any atom is -0.336 e. The first-order chi connectivity index (χ1) is 14.2. The molecule has 1 saturated heterocycles. The van der Waals surface area contributed by atoms with Gasteiger partial charge in [0.1, 0.15) is 5.69 Å². The minimum atomic E-state index is 0.0931. The second-order valence-electron chi connectivity index (χ2n) is 7.48. The standard InChI is InChI=1S/C23H23N5O/c1-25-13-15-26(16-14-25)23(29)19-17-22(27-11-6-5-9-21(19)27)20-10-12-28(24-20)18-7-3-2-4-8-18/h2-12,17H,13-16H2,1H3. The first kappa shape index (κ1) is 17.7. The number of piperazine rings is 1. The number of nitrogens with zero attached hydrogens (tertiary/aromatic N) is 5. The summed E-state index contributed by atoms with van der Waals surface area (Å²) in [4.78, 5) is 17.5. The van der Waals surface area contributed by atoms with E-state index in [1.807, 2.05) is 82.6 Å². The van der Waals surface area contributed by atoms with Crippen molar-refractivity contribution in [2.75, 3.05) is 33.2 Å². The van der Waals surface area contributed by atoms with Crippen molar-refractivity contribution in [2.45, 2.75) is 0 Å². The zero-order valence-corrected chi connectivity index (χ0v) is 16.4. The first-order valence-corrected chi connectivity index (χ1v) is 9.90. The molecule has 146 valence electrons. The van der Waals surface area contributed by atoms with E-state index in [2.05, 4.69) is 16.3 Å². The van der Waals surface area contributed by atoms with Crippen LogP contribution in [0.3, 0.4) is 0 Å². The Kier molecular flexibility index (Phi) is 4.41. The molecule has 0 bridgehead atoms. The molecule has 0 aliphatic carbocycles. The van der Waals surface area contributed by atoms with Crippen molar-refractivity contribution in [3.8, 4) is 17.1 Å². The van der Waals surface area contributed by atoms with Gasteiger partial charge >= 0.3 is 0 Å². The maximum atomic E-state index is 13.3. The molecule has 1 aliphatic rings. The van der Waals surface area contributed by atoms with Crippen LogP contribution in [0.5, 0.6) is 0 Å². The van der Waals surface area contributed by atoms with Gasteiger partial charge in [0.15, 0.2) is 0 Å². The molecular weight excluding hydrogens is 362 g/mol. The maximum absolute atomic E-state index is 13.3. The van der Waals surface area contributed by atoms with E-state index in [0.717, 1.165) is 54.3 Å². The van der Waals surface area contributed by atoms with Crippen LogP contribution < -0.4 is 0 Å². The predicted molar refractivity (Wildman–Crippen MR) is 113 cm³/mol. The summed E-state index contributed by atoms with van der Waals surface area (Å²) in [6.45, 7) is 3.34. The molecule has 0 N–H and O–H groups in total. The van der Waals surface area contributed by atoms with Gasteiger partial charge in [-0.25, -0.2) is 4.68 Å². The average molecular weight is 385 g/mol. The summed E-state index contributed by atoms with van der Waals surface area (Å²) in [7, 11) is 2.09. The van der Waals surface area contributed by atoms with Crippen molar-refractivity contribution in [3.63, 3.8) is 0 Å². The van der Waals surface area contributed by atoms with Gasteiger partial charge in [0.2, 0.25) is 0 Å². The first-order valence-electron chi connectivity index (χ1n) is 9.90. The number of carbonyl (C=O) groups excluding carboxylic acids is 1. The van der Waals surface area contributed by atoms with Crippen LogP contribution in [-0.4, -0.2) is 63.1 Å². The molecule has 0 saturated carbocycles. The molecule has 1 aromatic carbocycles. The molecule has 0 spiro atoms. The highest BCUT2D eigenvalue weighted by molar-refractivity contribution is 6.02. The van der Waals surface area contributed by atoms with Gasteiger partial charge in [-0.05, 0) is 43.4 Å². The highest BCUT2D eigenvalue weighted by atomic mass is 16.2. The molecule has 29 heavy (non-hydrogen) atoms. The van der Waals surface area contributed by atoms with Gasteiger partial charge in [0, 0.05) is 38.6 Å². The summed E-state index contributed by atoms with van der Waals surface area (Å²) in [6.07, 6.45) is 3.95. The number of hydrogen-bond acceptors (Lipinski definition) is 3. The molecule has 6 heteroatoms. The topological polar surface area (TPSA) is 45.8 Å². The summed E-state index contributed by atoms with van der Waals surface area (Å²) in [5, 5.41) is 4.76. The van der Waals surface area contributed by atoms with E-state index < -0.39 is 0 Å². The van der Waals surface area contributed by atoms with E-state index in [0.29, 0.717) is 0 Å². The molecule has 1 aliphatic heterocycles. The van der Waals surface area contributed by atoms with Crippen LogP contribution in [0, 0.1) is 0 Å². The number of benzene rings is 1. The van der Waals surface area contributed by atoms with Crippen molar-refractivity contribution < 1.29 is 4.79 Å². The van der Waals surface area contributed by atoms with Crippen LogP contribution in [0.25, 0.3) is 22.6 Å². The van der Waals surface area contributed by atoms with E-state index in [-0.39, 0.29) is 5.91 Å². The minimum absolute atomic E-state index is 0.0931. The normalized spacial score (nSPS) is 15.1. The molecule has 1 fully saturated rings. The lowest BCUT2D eigenvalue weighted by Crippen LogP contribution is -2.47. The van der Waals surface area contributed by atoms with Gasteiger partial charge in [0.05, 0.1) is 22.5 Å². The smallest absolute Gasteiger partial charge is 0.256 e. The number of aromatic nitrogens is 3. The Bertz CT molecular complexity index is 1150. The Morgan fingerprint density at radius 1 is 0.897 bits per heavy atom. The molecule has 0 unspecified atom stereocenters. The number of pyridine rings is 1. The molecule has 4 heterocycles. The quantitative estimate of drug-likeness (QED) is 0.544. The number of rotatable bonds is 3. The number of hydrogen-bond donors (Lipinski definition) is 0. The summed E-state index contributed by atoms with van der Waals surface area (Å²) < 4.78 is 3.92. The Morgan fingerprint density at radius 2 is 1.66 bits per heavy atom. The van der Waals surface area contributed by atoms with Gasteiger partial charge in [-0.15, -0.1) is 0 Å². The molecule has 5 rings (SSSR count). The van der Waals surface area contributed by atoms with Gasteiger partial charge in [-0.1, -0.05) is 24.3 Å². The van der Waals surface area contributed by atoms with Crippen molar-refractivity contribution >= 4 is 11.4 Å². The average Bonchev–Trinajstić information content (AvgIpc) is 3.40. The molecule has 3 aromatic heterocycles. The third kappa shape index (κ3) is 3.21. The van der Waals surface area contributed by atoms with Crippen LogP contribution in [0.15, 0.2) is 73.1 Å². The molecule has 4 aromatic rings. The highest BCUT2D eigenvalue weighted by Gasteiger charge is 2.24. The lowest BCUT2D eigenvalue weighted by molar-refractivity contribution is 0.0666. The zero-order valence-electron chi connectivity index (χ0n) is 16.4. The van der Waals surface area contributed by atoms with Gasteiger partial charge < -0.3 is 14.2 Å². The number of para-hydroxylation sites is 1. The van der Waals surface area contributed by atoms with Crippen molar-refractivity contribution in [1.29, 1.82) is 0 Å². The Labute approximate surface area is 169 Å². The van der Waals surface area contributed by atoms with Gasteiger partial charge in [-0.3, -0.25) is 4.79 Å².